The normalized spacial score (nSPS) is 56.2. The van der Waals surface area contributed by atoms with Crippen molar-refractivity contribution in [3.63, 3.8) is 0 Å². The molecule has 4 heteroatoms. The van der Waals surface area contributed by atoms with Crippen molar-refractivity contribution in [2.75, 3.05) is 7.11 Å². The third-order valence-electron chi connectivity index (χ3n) is 8.00. The Morgan fingerprint density at radius 3 is 2.32 bits per heavy atom. The first kappa shape index (κ1) is 14.7. The number of hydrogen-bond acceptors (Lipinski definition) is 4. The standard InChI is InChI=1S/C18H26O4/c1-8-9(2)18(5)10(3)17(8,4)13-11-7-12(19)21-15(11)22-16(20-6)14(13)18/h10-11,13-16H,7H2,1-6H3/t10-,11-,13-,14-,15+,16-,17+,18-/m0/s1. The maximum atomic E-state index is 11.9. The molecular formula is C18H26O4. The zero-order valence-corrected chi connectivity index (χ0v) is 14.3. The van der Waals surface area contributed by atoms with E-state index >= 15 is 0 Å². The van der Waals surface area contributed by atoms with E-state index in [-0.39, 0.29) is 34.9 Å². The van der Waals surface area contributed by atoms with Crippen molar-refractivity contribution in [3.05, 3.63) is 11.1 Å². The summed E-state index contributed by atoms with van der Waals surface area (Å²) in [5, 5.41) is 0. The first-order valence-corrected chi connectivity index (χ1v) is 8.34. The average Bonchev–Trinajstić information content (AvgIpc) is 2.98. The monoisotopic (exact) mass is 306 g/mol. The second-order valence-electron chi connectivity index (χ2n) is 8.06. The highest BCUT2D eigenvalue weighted by Gasteiger charge is 2.74. The highest BCUT2D eigenvalue weighted by Crippen LogP contribution is 2.76. The van der Waals surface area contributed by atoms with Gasteiger partial charge in [0.2, 0.25) is 6.29 Å². The highest BCUT2D eigenvalue weighted by molar-refractivity contribution is 5.72. The molecule has 0 radical (unpaired) electrons. The van der Waals surface area contributed by atoms with E-state index < -0.39 is 6.29 Å². The van der Waals surface area contributed by atoms with Gasteiger partial charge in [-0.15, -0.1) is 0 Å². The summed E-state index contributed by atoms with van der Waals surface area (Å²) in [6.45, 7) is 11.6. The Hall–Kier alpha value is -0.870. The van der Waals surface area contributed by atoms with Gasteiger partial charge in [0.1, 0.15) is 0 Å². The molecule has 4 rings (SSSR count). The molecule has 3 fully saturated rings. The molecule has 0 spiro atoms. The third-order valence-corrected chi connectivity index (χ3v) is 8.00. The Balaban J connectivity index is 1.90. The maximum absolute atomic E-state index is 11.9. The van der Waals surface area contributed by atoms with Crippen LogP contribution >= 0.6 is 0 Å². The molecule has 4 aliphatic rings. The lowest BCUT2D eigenvalue weighted by Gasteiger charge is -2.51. The van der Waals surface area contributed by atoms with Crippen LogP contribution in [0.5, 0.6) is 0 Å². The Labute approximate surface area is 132 Å². The predicted octanol–water partition coefficient (Wildman–Crippen LogP) is 3.12. The van der Waals surface area contributed by atoms with Gasteiger partial charge in [-0.3, -0.25) is 4.79 Å². The molecule has 2 saturated heterocycles. The quantitative estimate of drug-likeness (QED) is 0.551. The van der Waals surface area contributed by atoms with Crippen LogP contribution in [0.3, 0.4) is 0 Å². The van der Waals surface area contributed by atoms with Crippen molar-refractivity contribution in [2.45, 2.75) is 53.6 Å². The van der Waals surface area contributed by atoms with Crippen molar-refractivity contribution >= 4 is 5.97 Å². The minimum absolute atomic E-state index is 0.0702. The van der Waals surface area contributed by atoms with Crippen molar-refractivity contribution < 1.29 is 19.0 Å². The molecule has 0 aromatic rings. The van der Waals surface area contributed by atoms with Gasteiger partial charge >= 0.3 is 5.97 Å². The van der Waals surface area contributed by atoms with Gasteiger partial charge in [-0.25, -0.2) is 0 Å². The van der Waals surface area contributed by atoms with Crippen molar-refractivity contribution in [1.82, 2.24) is 0 Å². The first-order chi connectivity index (χ1) is 10.3. The fraction of sp³-hybridized carbons (Fsp3) is 0.833. The van der Waals surface area contributed by atoms with Crippen LogP contribution < -0.4 is 0 Å². The van der Waals surface area contributed by atoms with Gasteiger partial charge in [-0.05, 0) is 36.5 Å². The number of fused-ring (bicyclic) bond motifs is 7. The summed E-state index contributed by atoms with van der Waals surface area (Å²) in [5.74, 6) is 1.21. The number of ether oxygens (including phenoxy) is 3. The Morgan fingerprint density at radius 2 is 1.73 bits per heavy atom. The summed E-state index contributed by atoms with van der Waals surface area (Å²) in [6.07, 6.45) is -0.249. The fourth-order valence-corrected chi connectivity index (χ4v) is 6.46. The Kier molecular flexibility index (Phi) is 2.77. The molecule has 22 heavy (non-hydrogen) atoms. The number of rotatable bonds is 1. The zero-order valence-electron chi connectivity index (χ0n) is 14.3. The van der Waals surface area contributed by atoms with Crippen LogP contribution in [0, 0.1) is 34.5 Å². The smallest absolute Gasteiger partial charge is 0.308 e. The number of esters is 1. The van der Waals surface area contributed by atoms with Crippen LogP contribution in [0.15, 0.2) is 11.1 Å². The lowest BCUT2D eigenvalue weighted by molar-refractivity contribution is -0.300. The number of allylic oxidation sites excluding steroid dienone is 2. The minimum Gasteiger partial charge on any atom is -0.435 e. The molecule has 0 aromatic carbocycles. The summed E-state index contributed by atoms with van der Waals surface area (Å²) in [7, 11) is 1.70. The van der Waals surface area contributed by atoms with Crippen LogP contribution in [0.1, 0.15) is 41.0 Å². The van der Waals surface area contributed by atoms with Gasteiger partial charge in [0.05, 0.1) is 6.42 Å². The SMILES string of the molecule is CO[C@H]1O[C@H]2OC(=O)C[C@H]2[C@H]2[C@@H]1[C@@]1(C)C(C)=C(C)[C@]2(C)[C@@H]1C. The molecule has 122 valence electrons. The van der Waals surface area contributed by atoms with Crippen molar-refractivity contribution in [3.8, 4) is 0 Å². The summed E-state index contributed by atoms with van der Waals surface area (Å²) < 4.78 is 17.2. The van der Waals surface area contributed by atoms with Gasteiger partial charge in [-0.1, -0.05) is 31.9 Å². The number of hydrogen-bond donors (Lipinski definition) is 0. The molecule has 1 saturated carbocycles. The number of methoxy groups -OCH3 is 1. The van der Waals surface area contributed by atoms with Crippen LogP contribution in [0.4, 0.5) is 0 Å². The van der Waals surface area contributed by atoms with E-state index in [9.17, 15) is 4.79 Å². The summed E-state index contributed by atoms with van der Waals surface area (Å²) in [4.78, 5) is 11.9. The lowest BCUT2D eigenvalue weighted by Crippen LogP contribution is -2.53. The number of carbonyl (C=O) groups excluding carboxylic acids is 1. The minimum atomic E-state index is -0.432. The van der Waals surface area contributed by atoms with Gasteiger partial charge < -0.3 is 14.2 Å². The van der Waals surface area contributed by atoms with E-state index in [0.29, 0.717) is 18.3 Å². The highest BCUT2D eigenvalue weighted by atomic mass is 16.8. The van der Waals surface area contributed by atoms with Crippen LogP contribution in [0.25, 0.3) is 0 Å². The third kappa shape index (κ3) is 1.32. The second-order valence-corrected chi connectivity index (χ2v) is 8.06. The molecule has 2 aliphatic carbocycles. The largest absolute Gasteiger partial charge is 0.435 e. The van der Waals surface area contributed by atoms with Crippen LogP contribution in [0.2, 0.25) is 0 Å². The molecule has 0 unspecified atom stereocenters. The fourth-order valence-electron chi connectivity index (χ4n) is 6.46. The second kappa shape index (κ2) is 4.15. The van der Waals surface area contributed by atoms with Gasteiger partial charge in [-0.2, -0.15) is 0 Å². The summed E-state index contributed by atoms with van der Waals surface area (Å²) in [6, 6.07) is 0. The molecule has 8 atom stereocenters. The van der Waals surface area contributed by atoms with Crippen molar-refractivity contribution in [2.24, 2.45) is 34.5 Å². The molecule has 0 amide bonds. The van der Waals surface area contributed by atoms with E-state index in [0.717, 1.165) is 0 Å². The van der Waals surface area contributed by atoms with E-state index in [1.165, 1.54) is 11.1 Å². The average molecular weight is 306 g/mol. The van der Waals surface area contributed by atoms with E-state index in [2.05, 4.69) is 34.6 Å². The van der Waals surface area contributed by atoms with Crippen molar-refractivity contribution in [1.29, 1.82) is 0 Å². The van der Waals surface area contributed by atoms with Gasteiger partial charge in [0.15, 0.2) is 6.29 Å². The zero-order chi connectivity index (χ0) is 16.0. The molecule has 2 heterocycles. The maximum Gasteiger partial charge on any atom is 0.308 e. The van der Waals surface area contributed by atoms with Crippen LogP contribution in [-0.4, -0.2) is 25.7 Å². The molecule has 2 aliphatic heterocycles. The topological polar surface area (TPSA) is 44.8 Å². The molecule has 0 aromatic heterocycles. The predicted molar refractivity (Wildman–Crippen MR) is 80.6 cm³/mol. The molecule has 4 nitrogen and oxygen atoms in total. The Bertz CT molecular complexity index is 582. The van der Waals surface area contributed by atoms with Crippen LogP contribution in [-0.2, 0) is 19.0 Å². The van der Waals surface area contributed by atoms with Gasteiger partial charge in [0.25, 0.3) is 0 Å². The number of carbonyl (C=O) groups is 1. The molecular weight excluding hydrogens is 280 g/mol. The Morgan fingerprint density at radius 1 is 1.14 bits per heavy atom. The first-order valence-electron chi connectivity index (χ1n) is 8.34. The van der Waals surface area contributed by atoms with Gasteiger partial charge in [0, 0.05) is 18.9 Å². The van der Waals surface area contributed by atoms with E-state index in [4.69, 9.17) is 14.2 Å². The molecule has 0 N–H and O–H groups in total. The lowest BCUT2D eigenvalue weighted by atomic mass is 9.59. The van der Waals surface area contributed by atoms with E-state index in [1.807, 2.05) is 0 Å². The summed E-state index contributed by atoms with van der Waals surface area (Å²) in [5.41, 5.74) is 3.15. The summed E-state index contributed by atoms with van der Waals surface area (Å²) >= 11 is 0. The molecule has 2 bridgehead atoms. The van der Waals surface area contributed by atoms with E-state index in [1.54, 1.807) is 7.11 Å².